The first-order valence-corrected chi connectivity index (χ1v) is 8.94. The van der Waals surface area contributed by atoms with Crippen LogP contribution < -0.4 is 4.90 Å². The smallest absolute Gasteiger partial charge is 0.138 e. The summed E-state index contributed by atoms with van der Waals surface area (Å²) in [4.78, 5) is 14.1. The fourth-order valence-electron chi connectivity index (χ4n) is 3.79. The van der Waals surface area contributed by atoms with E-state index >= 15 is 0 Å². The Kier molecular flexibility index (Phi) is 3.90. The van der Waals surface area contributed by atoms with Gasteiger partial charge in [-0.25, -0.2) is 9.97 Å². The van der Waals surface area contributed by atoms with E-state index in [9.17, 15) is 0 Å². The number of fused-ring (bicyclic) bond motifs is 1. The van der Waals surface area contributed by atoms with E-state index < -0.39 is 0 Å². The van der Waals surface area contributed by atoms with Gasteiger partial charge in [0.1, 0.15) is 11.0 Å². The Morgan fingerprint density at radius 2 is 1.83 bits per heavy atom. The second-order valence-corrected chi connectivity index (χ2v) is 7.43. The molecule has 2 aliphatic rings. The van der Waals surface area contributed by atoms with E-state index in [0.29, 0.717) is 17.1 Å². The molecule has 2 aliphatic heterocycles. The van der Waals surface area contributed by atoms with E-state index in [-0.39, 0.29) is 0 Å². The molecule has 0 spiro atoms. The van der Waals surface area contributed by atoms with Gasteiger partial charge in [0.25, 0.3) is 0 Å². The summed E-state index contributed by atoms with van der Waals surface area (Å²) in [6, 6.07) is 2.68. The molecule has 4 heterocycles. The lowest BCUT2D eigenvalue weighted by molar-refractivity contribution is 0.204. The molecule has 23 heavy (non-hydrogen) atoms. The third-order valence-corrected chi connectivity index (χ3v) is 5.40. The summed E-state index contributed by atoms with van der Waals surface area (Å²) >= 11 is 6.13. The third kappa shape index (κ3) is 2.68. The molecule has 2 saturated heterocycles. The predicted octanol–water partition coefficient (Wildman–Crippen LogP) is 3.69. The summed E-state index contributed by atoms with van der Waals surface area (Å²) in [5, 5.41) is 2.87. The molecule has 0 radical (unpaired) electrons. The van der Waals surface area contributed by atoms with E-state index in [4.69, 9.17) is 16.6 Å². The molecule has 122 valence electrons. The maximum Gasteiger partial charge on any atom is 0.138 e. The molecule has 0 atom stereocenters. The van der Waals surface area contributed by atoms with Crippen LogP contribution in [0.3, 0.4) is 0 Å². The Balaban J connectivity index is 1.65. The highest BCUT2D eigenvalue weighted by molar-refractivity contribution is 6.30. The maximum atomic E-state index is 6.13. The summed E-state index contributed by atoms with van der Waals surface area (Å²) in [5.74, 6) is 1.48. The molecule has 2 aromatic heterocycles. The van der Waals surface area contributed by atoms with Crippen molar-refractivity contribution in [1.29, 1.82) is 0 Å². The summed E-state index contributed by atoms with van der Waals surface area (Å²) < 4.78 is 0. The predicted molar refractivity (Wildman–Crippen MR) is 95.4 cm³/mol. The van der Waals surface area contributed by atoms with E-state index in [0.717, 1.165) is 24.3 Å². The van der Waals surface area contributed by atoms with Crippen molar-refractivity contribution < 1.29 is 0 Å². The molecule has 5 heteroatoms. The van der Waals surface area contributed by atoms with E-state index in [1.54, 1.807) is 0 Å². The van der Waals surface area contributed by atoms with Crippen LogP contribution in [0.25, 0.3) is 10.8 Å². The average Bonchev–Trinajstić information content (AvgIpc) is 2.99. The lowest BCUT2D eigenvalue weighted by atomic mass is 9.98. The number of anilines is 1. The Morgan fingerprint density at radius 1 is 1.09 bits per heavy atom. The molecule has 4 nitrogen and oxygen atoms in total. The van der Waals surface area contributed by atoms with Crippen molar-refractivity contribution in [2.75, 3.05) is 31.1 Å². The van der Waals surface area contributed by atoms with E-state index in [1.807, 2.05) is 18.5 Å². The first kappa shape index (κ1) is 15.2. The van der Waals surface area contributed by atoms with Crippen molar-refractivity contribution >= 4 is 28.2 Å². The van der Waals surface area contributed by atoms with Crippen LogP contribution in [0, 0.1) is 0 Å². The van der Waals surface area contributed by atoms with Gasteiger partial charge >= 0.3 is 0 Å². The highest BCUT2D eigenvalue weighted by Gasteiger charge is 2.34. The van der Waals surface area contributed by atoms with Crippen LogP contribution in [0.5, 0.6) is 0 Å². The number of nitrogens with zero attached hydrogens (tertiary/aromatic N) is 4. The minimum Gasteiger partial charge on any atom is -0.353 e. The first-order valence-electron chi connectivity index (χ1n) is 8.56. The highest BCUT2D eigenvalue weighted by Crippen LogP contribution is 2.34. The van der Waals surface area contributed by atoms with Gasteiger partial charge in [-0.3, -0.25) is 4.90 Å². The van der Waals surface area contributed by atoms with Crippen molar-refractivity contribution in [2.45, 2.75) is 38.6 Å². The van der Waals surface area contributed by atoms with Gasteiger partial charge in [-0.1, -0.05) is 25.4 Å². The van der Waals surface area contributed by atoms with Crippen LogP contribution in [0.4, 0.5) is 5.82 Å². The Bertz CT molecular complexity index is 718. The van der Waals surface area contributed by atoms with Gasteiger partial charge in [0, 0.05) is 36.9 Å². The van der Waals surface area contributed by atoms with Gasteiger partial charge in [0.15, 0.2) is 0 Å². The quantitative estimate of drug-likeness (QED) is 0.803. The second-order valence-electron chi connectivity index (χ2n) is 7.05. The standard InChI is InChI=1S/C18H23ClN4/c1-12(2)15-8-21-18(16-9-20-17(19)7-14(15)16)23-10-13(11-23)22-5-3-4-6-22/h7-9,12-13H,3-6,10-11H2,1-2H3. The first-order chi connectivity index (χ1) is 11.1. The largest absolute Gasteiger partial charge is 0.353 e. The zero-order valence-corrected chi connectivity index (χ0v) is 14.6. The van der Waals surface area contributed by atoms with Crippen LogP contribution in [0.15, 0.2) is 18.5 Å². The number of hydrogen-bond acceptors (Lipinski definition) is 4. The third-order valence-electron chi connectivity index (χ3n) is 5.19. The molecule has 0 N–H and O–H groups in total. The van der Waals surface area contributed by atoms with Gasteiger partial charge in [-0.05, 0) is 48.9 Å². The Hall–Kier alpha value is -1.39. The Labute approximate surface area is 142 Å². The van der Waals surface area contributed by atoms with Crippen molar-refractivity contribution in [3.05, 3.63) is 29.2 Å². The molecule has 2 aromatic rings. The zero-order valence-electron chi connectivity index (χ0n) is 13.8. The maximum absolute atomic E-state index is 6.13. The molecule has 0 unspecified atom stereocenters. The van der Waals surface area contributed by atoms with Gasteiger partial charge in [0.2, 0.25) is 0 Å². The minimum atomic E-state index is 0.422. The van der Waals surface area contributed by atoms with Crippen molar-refractivity contribution in [3.63, 3.8) is 0 Å². The Morgan fingerprint density at radius 3 is 2.52 bits per heavy atom. The summed E-state index contributed by atoms with van der Waals surface area (Å²) in [6.07, 6.45) is 6.60. The molecule has 2 fully saturated rings. The number of rotatable bonds is 3. The lowest BCUT2D eigenvalue weighted by Crippen LogP contribution is -2.59. The molecular formula is C18H23ClN4. The molecule has 0 aromatic carbocycles. The number of likely N-dealkylation sites (tertiary alicyclic amines) is 1. The number of halogens is 1. The number of aromatic nitrogens is 2. The van der Waals surface area contributed by atoms with Gasteiger partial charge in [0.05, 0.1) is 0 Å². The van der Waals surface area contributed by atoms with Crippen LogP contribution in [-0.2, 0) is 0 Å². The van der Waals surface area contributed by atoms with Crippen molar-refractivity contribution in [3.8, 4) is 0 Å². The normalized spacial score (nSPS) is 19.7. The van der Waals surface area contributed by atoms with Crippen LogP contribution in [0.2, 0.25) is 5.15 Å². The molecular weight excluding hydrogens is 308 g/mol. The summed E-state index contributed by atoms with van der Waals surface area (Å²) in [5.41, 5.74) is 1.24. The molecule has 0 amide bonds. The van der Waals surface area contributed by atoms with Crippen molar-refractivity contribution in [2.24, 2.45) is 0 Å². The minimum absolute atomic E-state index is 0.422. The van der Waals surface area contributed by atoms with Crippen LogP contribution >= 0.6 is 11.6 Å². The highest BCUT2D eigenvalue weighted by atomic mass is 35.5. The van der Waals surface area contributed by atoms with E-state index in [2.05, 4.69) is 28.6 Å². The zero-order chi connectivity index (χ0) is 16.0. The summed E-state index contributed by atoms with van der Waals surface area (Å²) in [6.45, 7) is 9.05. The van der Waals surface area contributed by atoms with E-state index in [1.165, 1.54) is 36.9 Å². The van der Waals surface area contributed by atoms with Crippen LogP contribution in [0.1, 0.15) is 38.2 Å². The lowest BCUT2D eigenvalue weighted by Gasteiger charge is -2.45. The topological polar surface area (TPSA) is 32.3 Å². The molecule has 0 bridgehead atoms. The number of hydrogen-bond donors (Lipinski definition) is 0. The van der Waals surface area contributed by atoms with Crippen LogP contribution in [-0.4, -0.2) is 47.1 Å². The monoisotopic (exact) mass is 330 g/mol. The van der Waals surface area contributed by atoms with Gasteiger partial charge < -0.3 is 4.90 Å². The van der Waals surface area contributed by atoms with Gasteiger partial charge in [-0.2, -0.15) is 0 Å². The van der Waals surface area contributed by atoms with Crippen molar-refractivity contribution in [1.82, 2.24) is 14.9 Å². The number of pyridine rings is 2. The fourth-order valence-corrected chi connectivity index (χ4v) is 3.95. The molecule has 4 rings (SSSR count). The molecule has 0 saturated carbocycles. The summed E-state index contributed by atoms with van der Waals surface area (Å²) in [7, 11) is 0. The van der Waals surface area contributed by atoms with Gasteiger partial charge in [-0.15, -0.1) is 0 Å². The molecule has 0 aliphatic carbocycles. The fraction of sp³-hybridized carbons (Fsp3) is 0.556. The SMILES string of the molecule is CC(C)c1cnc(N2CC(N3CCCC3)C2)c2cnc(Cl)cc12. The average molecular weight is 331 g/mol. The second kappa shape index (κ2) is 5.91.